The summed E-state index contributed by atoms with van der Waals surface area (Å²) >= 11 is 1.87. The molecule has 0 amide bonds. The molecule has 5 heteroatoms. The Kier molecular flexibility index (Phi) is 4.01. The minimum Gasteiger partial charge on any atom is -0.367 e. The maximum atomic E-state index is 4.57. The Labute approximate surface area is 135 Å². The molecule has 0 radical (unpaired) electrons. The maximum absolute atomic E-state index is 4.57. The third-order valence-electron chi connectivity index (χ3n) is 5.06. The highest BCUT2D eigenvalue weighted by Crippen LogP contribution is 2.39. The van der Waals surface area contributed by atoms with Gasteiger partial charge in [-0.2, -0.15) is 0 Å². The van der Waals surface area contributed by atoms with Crippen molar-refractivity contribution in [1.82, 2.24) is 15.3 Å². The van der Waals surface area contributed by atoms with Crippen LogP contribution >= 0.6 is 11.3 Å². The molecular weight excluding hydrogens is 292 g/mol. The van der Waals surface area contributed by atoms with Gasteiger partial charge in [0.25, 0.3) is 0 Å². The number of rotatable bonds is 4. The lowest BCUT2D eigenvalue weighted by molar-refractivity contribution is 0.359. The van der Waals surface area contributed by atoms with E-state index in [4.69, 9.17) is 0 Å². The summed E-state index contributed by atoms with van der Waals surface area (Å²) in [7, 11) is 0. The third-order valence-corrected chi connectivity index (χ3v) is 6.26. The molecular formula is C17H24N4S. The first-order valence-corrected chi connectivity index (χ1v) is 9.42. The lowest BCUT2D eigenvalue weighted by Crippen LogP contribution is -2.36. The van der Waals surface area contributed by atoms with E-state index < -0.39 is 0 Å². The van der Waals surface area contributed by atoms with Crippen molar-refractivity contribution in [3.8, 4) is 0 Å². The molecule has 0 spiro atoms. The summed E-state index contributed by atoms with van der Waals surface area (Å²) in [5.41, 5.74) is 1.52. The second kappa shape index (κ2) is 6.13. The zero-order chi connectivity index (χ0) is 14.9. The largest absolute Gasteiger partial charge is 0.367 e. The summed E-state index contributed by atoms with van der Waals surface area (Å²) < 4.78 is 0. The van der Waals surface area contributed by atoms with Crippen molar-refractivity contribution in [1.29, 1.82) is 0 Å². The third kappa shape index (κ3) is 2.61. The quantitative estimate of drug-likeness (QED) is 0.906. The highest BCUT2D eigenvalue weighted by molar-refractivity contribution is 7.19. The molecule has 0 atom stereocenters. The van der Waals surface area contributed by atoms with E-state index in [-0.39, 0.29) is 0 Å². The van der Waals surface area contributed by atoms with E-state index in [9.17, 15) is 0 Å². The van der Waals surface area contributed by atoms with Gasteiger partial charge in [0.05, 0.1) is 5.39 Å². The molecule has 4 rings (SSSR count). The number of fused-ring (bicyclic) bond motifs is 3. The van der Waals surface area contributed by atoms with Crippen molar-refractivity contribution in [3.05, 3.63) is 16.8 Å². The predicted octanol–water partition coefficient (Wildman–Crippen LogP) is 3.51. The van der Waals surface area contributed by atoms with Gasteiger partial charge in [0.1, 0.15) is 17.0 Å². The fourth-order valence-corrected chi connectivity index (χ4v) is 5.19. The van der Waals surface area contributed by atoms with E-state index in [1.54, 1.807) is 6.33 Å². The molecule has 2 heterocycles. The van der Waals surface area contributed by atoms with Crippen molar-refractivity contribution in [2.45, 2.75) is 64.0 Å². The standard InChI is InChI=1S/C17H24N4S/c1-2-18-11-6-8-12(9-7-11)21-16-15-13-4-3-5-14(13)22-17(15)20-10-19-16/h10-12,18H,2-9H2,1H3,(H,19,20,21). The fraction of sp³-hybridized carbons (Fsp3) is 0.647. The number of nitrogens with zero attached hydrogens (tertiary/aromatic N) is 2. The molecule has 0 saturated heterocycles. The van der Waals surface area contributed by atoms with Gasteiger partial charge in [0.2, 0.25) is 0 Å². The van der Waals surface area contributed by atoms with Crippen molar-refractivity contribution in [3.63, 3.8) is 0 Å². The summed E-state index contributed by atoms with van der Waals surface area (Å²) in [5.74, 6) is 1.08. The summed E-state index contributed by atoms with van der Waals surface area (Å²) in [4.78, 5) is 11.8. The van der Waals surface area contributed by atoms with Crippen molar-refractivity contribution in [2.75, 3.05) is 11.9 Å². The fourth-order valence-electron chi connectivity index (χ4n) is 3.96. The van der Waals surface area contributed by atoms with Crippen LogP contribution in [0.25, 0.3) is 10.2 Å². The minimum absolute atomic E-state index is 0.560. The van der Waals surface area contributed by atoms with Crippen molar-refractivity contribution < 1.29 is 0 Å². The molecule has 0 aromatic carbocycles. The SMILES string of the molecule is CCNC1CCC(Nc2ncnc3sc4c(c23)CCC4)CC1. The molecule has 2 aromatic rings. The first kappa shape index (κ1) is 14.4. The molecule has 4 nitrogen and oxygen atoms in total. The van der Waals surface area contributed by atoms with Crippen molar-refractivity contribution >= 4 is 27.4 Å². The Morgan fingerprint density at radius 2 is 1.95 bits per heavy atom. The summed E-state index contributed by atoms with van der Waals surface area (Å²) in [5, 5.41) is 8.62. The number of anilines is 1. The average molecular weight is 316 g/mol. The lowest BCUT2D eigenvalue weighted by atomic mass is 9.91. The first-order valence-electron chi connectivity index (χ1n) is 8.60. The van der Waals surface area contributed by atoms with Crippen LogP contribution in [0.5, 0.6) is 0 Å². The molecule has 118 valence electrons. The first-order chi connectivity index (χ1) is 10.8. The van der Waals surface area contributed by atoms with Crippen molar-refractivity contribution in [2.24, 2.45) is 0 Å². The average Bonchev–Trinajstić information content (AvgIpc) is 3.10. The number of hydrogen-bond donors (Lipinski definition) is 2. The predicted molar refractivity (Wildman–Crippen MR) is 92.8 cm³/mol. The maximum Gasteiger partial charge on any atom is 0.138 e. The molecule has 0 aliphatic heterocycles. The Hall–Kier alpha value is -1.20. The van der Waals surface area contributed by atoms with Gasteiger partial charge >= 0.3 is 0 Å². The van der Waals surface area contributed by atoms with Crippen LogP contribution in [0.1, 0.15) is 49.5 Å². The monoisotopic (exact) mass is 316 g/mol. The molecule has 2 N–H and O–H groups in total. The zero-order valence-electron chi connectivity index (χ0n) is 13.2. The summed E-state index contributed by atoms with van der Waals surface area (Å²) in [6, 6.07) is 1.27. The number of aryl methyl sites for hydroxylation is 2. The molecule has 0 bridgehead atoms. The smallest absolute Gasteiger partial charge is 0.138 e. The zero-order valence-corrected chi connectivity index (χ0v) is 14.0. The highest BCUT2D eigenvalue weighted by atomic mass is 32.1. The van der Waals surface area contributed by atoms with Crippen LogP contribution < -0.4 is 10.6 Å². The number of thiophene rings is 1. The molecule has 2 aromatic heterocycles. The molecule has 2 aliphatic rings. The van der Waals surface area contributed by atoms with Crippen LogP contribution in [-0.2, 0) is 12.8 Å². The van der Waals surface area contributed by atoms with Crippen LogP contribution in [0, 0.1) is 0 Å². The van der Waals surface area contributed by atoms with E-state index >= 15 is 0 Å². The van der Waals surface area contributed by atoms with Crippen LogP contribution in [0.15, 0.2) is 6.33 Å². The van der Waals surface area contributed by atoms with Gasteiger partial charge in [0.15, 0.2) is 0 Å². The molecule has 1 fully saturated rings. The Morgan fingerprint density at radius 3 is 2.77 bits per heavy atom. The van der Waals surface area contributed by atoms with Gasteiger partial charge < -0.3 is 10.6 Å². The van der Waals surface area contributed by atoms with Gasteiger partial charge in [-0.1, -0.05) is 6.92 Å². The van der Waals surface area contributed by atoms with Crippen LogP contribution in [0.2, 0.25) is 0 Å². The normalized spacial score (nSPS) is 24.6. The summed E-state index contributed by atoms with van der Waals surface area (Å²) in [6.07, 6.45) is 10.4. The molecule has 22 heavy (non-hydrogen) atoms. The van der Waals surface area contributed by atoms with E-state index in [0.717, 1.165) is 12.4 Å². The summed E-state index contributed by atoms with van der Waals surface area (Å²) in [6.45, 7) is 3.27. The lowest BCUT2D eigenvalue weighted by Gasteiger charge is -2.30. The highest BCUT2D eigenvalue weighted by Gasteiger charge is 2.24. The van der Waals surface area contributed by atoms with Gasteiger partial charge in [-0.15, -0.1) is 11.3 Å². The van der Waals surface area contributed by atoms with E-state index in [1.165, 1.54) is 65.6 Å². The molecule has 1 saturated carbocycles. The van der Waals surface area contributed by atoms with Crippen LogP contribution in [0.3, 0.4) is 0 Å². The number of aromatic nitrogens is 2. The van der Waals surface area contributed by atoms with Gasteiger partial charge in [-0.05, 0) is 57.1 Å². The Balaban J connectivity index is 1.53. The van der Waals surface area contributed by atoms with Crippen LogP contribution in [-0.4, -0.2) is 28.6 Å². The second-order valence-corrected chi connectivity index (χ2v) is 7.59. The Bertz CT molecular complexity index is 658. The second-order valence-electron chi connectivity index (χ2n) is 6.51. The molecule has 0 unspecified atom stereocenters. The van der Waals surface area contributed by atoms with Gasteiger partial charge in [-0.3, -0.25) is 0 Å². The molecule has 2 aliphatic carbocycles. The number of nitrogens with one attached hydrogen (secondary N) is 2. The topological polar surface area (TPSA) is 49.8 Å². The van der Waals surface area contributed by atoms with Gasteiger partial charge in [-0.25, -0.2) is 9.97 Å². The van der Waals surface area contributed by atoms with E-state index in [2.05, 4.69) is 27.5 Å². The van der Waals surface area contributed by atoms with E-state index in [1.807, 2.05) is 11.3 Å². The van der Waals surface area contributed by atoms with Gasteiger partial charge in [0, 0.05) is 17.0 Å². The minimum atomic E-state index is 0.560. The van der Waals surface area contributed by atoms with E-state index in [0.29, 0.717) is 12.1 Å². The number of hydrogen-bond acceptors (Lipinski definition) is 5. The van der Waals surface area contributed by atoms with Crippen LogP contribution in [0.4, 0.5) is 5.82 Å². The Morgan fingerprint density at radius 1 is 1.14 bits per heavy atom.